The molecule has 1 amide bonds. The number of amides is 1. The highest BCUT2D eigenvalue weighted by atomic mass is 35.5. The van der Waals surface area contributed by atoms with Gasteiger partial charge in [-0.1, -0.05) is 23.7 Å². The quantitative estimate of drug-likeness (QED) is 0.593. The first kappa shape index (κ1) is 19.0. The van der Waals surface area contributed by atoms with E-state index in [9.17, 15) is 10.1 Å². The van der Waals surface area contributed by atoms with E-state index in [1.165, 1.54) is 18.5 Å². The summed E-state index contributed by atoms with van der Waals surface area (Å²) in [4.78, 5) is 14.9. The van der Waals surface area contributed by atoms with Gasteiger partial charge >= 0.3 is 0 Å². The second-order valence-corrected chi connectivity index (χ2v) is 7.26. The molecule has 27 heavy (non-hydrogen) atoms. The van der Waals surface area contributed by atoms with Crippen LogP contribution in [0, 0.1) is 25.2 Å². The third kappa shape index (κ3) is 4.50. The molecule has 5 heteroatoms. The molecule has 138 valence electrons. The second-order valence-electron chi connectivity index (χ2n) is 6.82. The summed E-state index contributed by atoms with van der Waals surface area (Å²) in [6.07, 6.45) is 4.07. The summed E-state index contributed by atoms with van der Waals surface area (Å²) in [5, 5.41) is 12.7. The molecule has 1 N–H and O–H groups in total. The molecule has 0 spiro atoms. The number of benzene rings is 2. The van der Waals surface area contributed by atoms with Crippen molar-refractivity contribution in [1.29, 1.82) is 5.26 Å². The van der Waals surface area contributed by atoms with E-state index >= 15 is 0 Å². The van der Waals surface area contributed by atoms with Crippen LogP contribution in [-0.4, -0.2) is 19.0 Å². The number of hydrogen-bond donors (Lipinski definition) is 1. The summed E-state index contributed by atoms with van der Waals surface area (Å²) in [6.45, 7) is 6.11. The van der Waals surface area contributed by atoms with Gasteiger partial charge in [-0.3, -0.25) is 4.79 Å². The maximum absolute atomic E-state index is 12.5. The van der Waals surface area contributed by atoms with E-state index in [0.29, 0.717) is 10.7 Å². The Balaban J connectivity index is 1.81. The SMILES string of the molecule is Cc1ccc(Cl)cc1NC(=O)/C(C#N)=C/c1ccc(N2CCCC2)c(C)c1. The summed E-state index contributed by atoms with van der Waals surface area (Å²) >= 11 is 5.99. The fraction of sp³-hybridized carbons (Fsp3) is 0.273. The van der Waals surface area contributed by atoms with Crippen molar-refractivity contribution >= 4 is 35.0 Å². The van der Waals surface area contributed by atoms with Crippen molar-refractivity contribution in [2.45, 2.75) is 26.7 Å². The molecule has 2 aromatic carbocycles. The predicted molar refractivity (Wildman–Crippen MR) is 111 cm³/mol. The Labute approximate surface area is 165 Å². The highest BCUT2D eigenvalue weighted by molar-refractivity contribution is 6.31. The van der Waals surface area contributed by atoms with Gasteiger partial charge in [-0.05, 0) is 73.7 Å². The van der Waals surface area contributed by atoms with Crippen LogP contribution in [0.1, 0.15) is 29.5 Å². The normalized spacial score (nSPS) is 14.1. The smallest absolute Gasteiger partial charge is 0.266 e. The van der Waals surface area contributed by atoms with Crippen molar-refractivity contribution in [2.75, 3.05) is 23.3 Å². The van der Waals surface area contributed by atoms with Gasteiger partial charge in [0.05, 0.1) is 0 Å². The number of anilines is 2. The second kappa shape index (κ2) is 8.28. The number of nitrogens with one attached hydrogen (secondary N) is 1. The molecule has 0 atom stereocenters. The molecule has 0 aromatic heterocycles. The van der Waals surface area contributed by atoms with Crippen LogP contribution in [-0.2, 0) is 4.79 Å². The Kier molecular flexibility index (Phi) is 5.83. The van der Waals surface area contributed by atoms with Crippen LogP contribution < -0.4 is 10.2 Å². The minimum atomic E-state index is -0.441. The Hall–Kier alpha value is -2.77. The van der Waals surface area contributed by atoms with E-state index in [2.05, 4.69) is 23.2 Å². The lowest BCUT2D eigenvalue weighted by atomic mass is 10.1. The highest BCUT2D eigenvalue weighted by Crippen LogP contribution is 2.26. The van der Waals surface area contributed by atoms with Crippen LogP contribution in [0.25, 0.3) is 6.08 Å². The molecule has 0 saturated carbocycles. The van der Waals surface area contributed by atoms with Gasteiger partial charge in [0.2, 0.25) is 0 Å². The zero-order chi connectivity index (χ0) is 19.4. The molecule has 1 saturated heterocycles. The van der Waals surface area contributed by atoms with Gasteiger partial charge in [0.15, 0.2) is 0 Å². The van der Waals surface area contributed by atoms with E-state index in [4.69, 9.17) is 11.6 Å². The van der Waals surface area contributed by atoms with Crippen LogP contribution in [0.2, 0.25) is 5.02 Å². The molecule has 1 heterocycles. The first-order valence-corrected chi connectivity index (χ1v) is 9.40. The number of aryl methyl sites for hydroxylation is 2. The Morgan fingerprint density at radius 2 is 1.89 bits per heavy atom. The van der Waals surface area contributed by atoms with Crippen molar-refractivity contribution in [3.8, 4) is 6.07 Å². The number of hydrogen-bond acceptors (Lipinski definition) is 3. The standard InChI is InChI=1S/C22H22ClN3O/c1-15-5-7-19(23)13-20(15)25-22(27)18(14-24)12-17-6-8-21(16(2)11-17)26-9-3-4-10-26/h5-8,11-13H,3-4,9-10H2,1-2H3,(H,25,27)/b18-12+. The van der Waals surface area contributed by atoms with Crippen molar-refractivity contribution in [3.05, 3.63) is 63.7 Å². The van der Waals surface area contributed by atoms with E-state index in [1.54, 1.807) is 18.2 Å². The Morgan fingerprint density at radius 1 is 1.15 bits per heavy atom. The summed E-state index contributed by atoms with van der Waals surface area (Å²) in [5.41, 5.74) is 4.76. The topological polar surface area (TPSA) is 56.1 Å². The summed E-state index contributed by atoms with van der Waals surface area (Å²) in [6, 6.07) is 13.3. The number of carbonyl (C=O) groups excluding carboxylic acids is 1. The van der Waals surface area contributed by atoms with E-state index < -0.39 is 5.91 Å². The Bertz CT molecular complexity index is 937. The fourth-order valence-electron chi connectivity index (χ4n) is 3.32. The van der Waals surface area contributed by atoms with E-state index in [1.807, 2.05) is 31.2 Å². The fourth-order valence-corrected chi connectivity index (χ4v) is 3.49. The third-order valence-corrected chi connectivity index (χ3v) is 5.03. The molecular weight excluding hydrogens is 358 g/mol. The van der Waals surface area contributed by atoms with Crippen molar-refractivity contribution in [3.63, 3.8) is 0 Å². The van der Waals surface area contributed by atoms with Crippen molar-refractivity contribution in [1.82, 2.24) is 0 Å². The van der Waals surface area contributed by atoms with Gasteiger partial charge in [-0.2, -0.15) is 5.26 Å². The van der Waals surface area contributed by atoms with E-state index in [0.717, 1.165) is 29.8 Å². The molecule has 0 unspecified atom stereocenters. The predicted octanol–water partition coefficient (Wildman–Crippen LogP) is 5.10. The number of nitriles is 1. The van der Waals surface area contributed by atoms with Crippen LogP contribution in [0.15, 0.2) is 42.0 Å². The average Bonchev–Trinajstić information content (AvgIpc) is 3.17. The maximum atomic E-state index is 12.5. The van der Waals surface area contributed by atoms with Gasteiger partial charge in [0, 0.05) is 29.5 Å². The molecule has 1 aliphatic heterocycles. The average molecular weight is 380 g/mol. The molecule has 1 fully saturated rings. The van der Waals surface area contributed by atoms with Crippen LogP contribution in [0.5, 0.6) is 0 Å². The minimum Gasteiger partial charge on any atom is -0.371 e. The Morgan fingerprint density at radius 3 is 2.56 bits per heavy atom. The zero-order valence-corrected chi connectivity index (χ0v) is 16.3. The number of rotatable bonds is 4. The zero-order valence-electron chi connectivity index (χ0n) is 15.6. The molecular formula is C22H22ClN3O. The lowest BCUT2D eigenvalue weighted by Crippen LogP contribution is -2.18. The minimum absolute atomic E-state index is 0.0581. The van der Waals surface area contributed by atoms with Gasteiger partial charge < -0.3 is 10.2 Å². The lowest BCUT2D eigenvalue weighted by molar-refractivity contribution is -0.112. The van der Waals surface area contributed by atoms with Crippen molar-refractivity contribution < 1.29 is 4.79 Å². The van der Waals surface area contributed by atoms with Crippen LogP contribution in [0.4, 0.5) is 11.4 Å². The summed E-state index contributed by atoms with van der Waals surface area (Å²) in [5.74, 6) is -0.441. The van der Waals surface area contributed by atoms with E-state index in [-0.39, 0.29) is 5.57 Å². The number of carbonyl (C=O) groups is 1. The molecule has 1 aliphatic rings. The van der Waals surface area contributed by atoms with Gasteiger partial charge in [0.1, 0.15) is 11.6 Å². The molecule has 2 aromatic rings. The van der Waals surface area contributed by atoms with Crippen LogP contribution in [0.3, 0.4) is 0 Å². The number of halogens is 1. The van der Waals surface area contributed by atoms with Gasteiger partial charge in [-0.15, -0.1) is 0 Å². The summed E-state index contributed by atoms with van der Waals surface area (Å²) < 4.78 is 0. The van der Waals surface area contributed by atoms with Crippen LogP contribution >= 0.6 is 11.6 Å². The first-order valence-electron chi connectivity index (χ1n) is 9.03. The number of nitrogens with zero attached hydrogens (tertiary/aromatic N) is 2. The summed E-state index contributed by atoms with van der Waals surface area (Å²) in [7, 11) is 0. The highest BCUT2D eigenvalue weighted by Gasteiger charge is 2.15. The van der Waals surface area contributed by atoms with Crippen molar-refractivity contribution in [2.24, 2.45) is 0 Å². The molecule has 0 aliphatic carbocycles. The lowest BCUT2D eigenvalue weighted by Gasteiger charge is -2.20. The molecule has 0 radical (unpaired) electrons. The van der Waals surface area contributed by atoms with Gasteiger partial charge in [0.25, 0.3) is 5.91 Å². The maximum Gasteiger partial charge on any atom is 0.266 e. The largest absolute Gasteiger partial charge is 0.371 e. The molecule has 0 bridgehead atoms. The molecule has 3 rings (SSSR count). The third-order valence-electron chi connectivity index (χ3n) is 4.79. The van der Waals surface area contributed by atoms with Gasteiger partial charge in [-0.25, -0.2) is 0 Å². The molecule has 4 nitrogen and oxygen atoms in total. The first-order chi connectivity index (χ1) is 13.0. The monoisotopic (exact) mass is 379 g/mol.